The summed E-state index contributed by atoms with van der Waals surface area (Å²) in [6, 6.07) is 0. The van der Waals surface area contributed by atoms with Crippen molar-refractivity contribution in [3.63, 3.8) is 0 Å². The molecule has 1 fully saturated rings. The van der Waals surface area contributed by atoms with Crippen molar-refractivity contribution in [3.8, 4) is 0 Å². The van der Waals surface area contributed by atoms with E-state index in [-0.39, 0.29) is 0 Å². The van der Waals surface area contributed by atoms with Gasteiger partial charge >= 0.3 is 0 Å². The van der Waals surface area contributed by atoms with Gasteiger partial charge in [0.05, 0.1) is 0 Å². The number of nitrogens with zero attached hydrogens (tertiary/aromatic N) is 1. The number of rotatable bonds is 1. The normalized spacial score (nSPS) is 23.7. The van der Waals surface area contributed by atoms with Crippen LogP contribution in [0.25, 0.3) is 0 Å². The third kappa shape index (κ3) is 2.33. The van der Waals surface area contributed by atoms with Gasteiger partial charge in [-0.05, 0) is 6.92 Å². The molecule has 2 heteroatoms. The lowest BCUT2D eigenvalue weighted by atomic mass is 10.4. The molecule has 0 unspecified atom stereocenters. The van der Waals surface area contributed by atoms with Crippen LogP contribution < -0.4 is 10.2 Å². The van der Waals surface area contributed by atoms with Crippen molar-refractivity contribution in [3.05, 3.63) is 0 Å². The molecule has 0 amide bonds. The fraction of sp³-hybridized carbons (Fsp3) is 1.00. The smallest absolute Gasteiger partial charge is 0.135 e. The summed E-state index contributed by atoms with van der Waals surface area (Å²) in [5.41, 5.74) is 0. The predicted molar refractivity (Wildman–Crippen MR) is 39.9 cm³/mol. The second-order valence-corrected chi connectivity index (χ2v) is 2.54. The number of likely N-dealkylation sites (N-methyl/N-ethyl adjacent to an activating group) is 1. The number of hydrogen-bond acceptors (Lipinski definition) is 2. The van der Waals surface area contributed by atoms with Crippen LogP contribution in [0.3, 0.4) is 0 Å². The van der Waals surface area contributed by atoms with E-state index in [4.69, 9.17) is 0 Å². The molecule has 1 radical (unpaired) electrons. The Bertz CT molecular complexity index is 65.3. The molecule has 0 saturated carbocycles. The van der Waals surface area contributed by atoms with Gasteiger partial charge in [-0.3, -0.25) is 0 Å². The van der Waals surface area contributed by atoms with Crippen LogP contribution in [0.15, 0.2) is 0 Å². The molecule has 1 aliphatic heterocycles. The Labute approximate surface area is 57.2 Å². The zero-order chi connectivity index (χ0) is 6.53. The van der Waals surface area contributed by atoms with Crippen molar-refractivity contribution < 1.29 is 0 Å². The van der Waals surface area contributed by atoms with E-state index in [1.54, 1.807) is 0 Å². The van der Waals surface area contributed by atoms with E-state index in [1.165, 1.54) is 39.1 Å². The fourth-order valence-corrected chi connectivity index (χ4v) is 1.22. The lowest BCUT2D eigenvalue weighted by Gasteiger charge is -2.03. The minimum Gasteiger partial charge on any atom is -0.311 e. The van der Waals surface area contributed by atoms with Gasteiger partial charge in [0.15, 0.2) is 0 Å². The van der Waals surface area contributed by atoms with Crippen LogP contribution in [-0.4, -0.2) is 32.7 Å². The van der Waals surface area contributed by atoms with Crippen molar-refractivity contribution in [1.29, 1.82) is 0 Å². The van der Waals surface area contributed by atoms with Crippen LogP contribution in [0, 0.1) is 0 Å². The first-order valence-corrected chi connectivity index (χ1v) is 3.86. The Hall–Kier alpha value is -0.0800. The predicted octanol–water partition coefficient (Wildman–Crippen LogP) is 0.140. The maximum Gasteiger partial charge on any atom is 0.135 e. The molecule has 1 aliphatic rings. The Morgan fingerprint density at radius 1 is 1.33 bits per heavy atom. The minimum atomic E-state index is 1.17. The summed E-state index contributed by atoms with van der Waals surface area (Å²) < 4.78 is 0. The van der Waals surface area contributed by atoms with E-state index in [0.717, 1.165) is 0 Å². The van der Waals surface area contributed by atoms with Crippen molar-refractivity contribution in [2.24, 2.45) is 0 Å². The van der Waals surface area contributed by atoms with E-state index in [9.17, 15) is 0 Å². The number of hydrogen-bond donors (Lipinski definition) is 1. The highest BCUT2D eigenvalue weighted by atomic mass is 15.1. The maximum atomic E-state index is 3.37. The van der Waals surface area contributed by atoms with E-state index in [1.807, 2.05) is 0 Å². The van der Waals surface area contributed by atoms with Gasteiger partial charge < -0.3 is 5.32 Å². The van der Waals surface area contributed by atoms with Crippen LogP contribution in [0.2, 0.25) is 0 Å². The van der Waals surface area contributed by atoms with E-state index >= 15 is 0 Å². The Balaban J connectivity index is 2.18. The highest BCUT2D eigenvalue weighted by Gasteiger charge is 2.13. The first-order valence-electron chi connectivity index (χ1n) is 3.86. The van der Waals surface area contributed by atoms with Gasteiger partial charge in [0, 0.05) is 19.5 Å². The van der Waals surface area contributed by atoms with Gasteiger partial charge in [0.1, 0.15) is 19.6 Å². The summed E-state index contributed by atoms with van der Waals surface area (Å²) in [5, 5.41) is 3.37. The first kappa shape index (κ1) is 7.03. The van der Waals surface area contributed by atoms with Gasteiger partial charge in [0.2, 0.25) is 0 Å². The molecule has 1 saturated heterocycles. The van der Waals surface area contributed by atoms with Crippen molar-refractivity contribution >= 4 is 0 Å². The van der Waals surface area contributed by atoms with E-state index in [2.05, 4.69) is 17.1 Å². The Kier molecular flexibility index (Phi) is 3.01. The van der Waals surface area contributed by atoms with Crippen LogP contribution in [0.1, 0.15) is 13.3 Å². The highest BCUT2D eigenvalue weighted by molar-refractivity contribution is 4.68. The van der Waals surface area contributed by atoms with Crippen LogP contribution in [-0.2, 0) is 0 Å². The second kappa shape index (κ2) is 3.85. The summed E-state index contributed by atoms with van der Waals surface area (Å²) >= 11 is 0. The topological polar surface area (TPSA) is 17.9 Å². The molecule has 53 valence electrons. The molecular formula is C7H16N2+. The van der Waals surface area contributed by atoms with Gasteiger partial charge in [-0.25, -0.2) is 0 Å². The van der Waals surface area contributed by atoms with Gasteiger partial charge in [-0.1, -0.05) is 0 Å². The SMILES string of the molecule is CC[N+]1CCCNCC1. The van der Waals surface area contributed by atoms with Crippen molar-refractivity contribution in [2.75, 3.05) is 32.7 Å². The fourth-order valence-electron chi connectivity index (χ4n) is 1.22. The molecule has 0 aliphatic carbocycles. The molecule has 0 aromatic heterocycles. The summed E-state index contributed by atoms with van der Waals surface area (Å²) in [6.45, 7) is 8.33. The largest absolute Gasteiger partial charge is 0.311 e. The average molecular weight is 128 g/mol. The Morgan fingerprint density at radius 2 is 2.22 bits per heavy atom. The molecule has 1 N–H and O–H groups in total. The first-order chi connectivity index (χ1) is 4.43. The van der Waals surface area contributed by atoms with Gasteiger partial charge in [-0.15, -0.1) is 0 Å². The molecule has 1 rings (SSSR count). The molecule has 0 aromatic rings. The molecule has 0 bridgehead atoms. The van der Waals surface area contributed by atoms with E-state index < -0.39 is 0 Å². The highest BCUT2D eigenvalue weighted by Crippen LogP contribution is 1.89. The number of nitrogens with one attached hydrogen (secondary N) is 1. The standard InChI is InChI=1S/C7H16N2/c1-2-9-6-3-4-8-5-7-9/h8H,2-7H2,1H3/q+1. The zero-order valence-electron chi connectivity index (χ0n) is 6.19. The van der Waals surface area contributed by atoms with Gasteiger partial charge in [0.25, 0.3) is 0 Å². The monoisotopic (exact) mass is 128 g/mol. The maximum absolute atomic E-state index is 3.37. The Morgan fingerprint density at radius 3 is 3.00 bits per heavy atom. The van der Waals surface area contributed by atoms with Crippen LogP contribution in [0.4, 0.5) is 0 Å². The summed E-state index contributed by atoms with van der Waals surface area (Å²) in [4.78, 5) is 2.49. The van der Waals surface area contributed by atoms with Crippen molar-refractivity contribution in [2.45, 2.75) is 13.3 Å². The minimum absolute atomic E-state index is 1.17. The molecule has 9 heavy (non-hydrogen) atoms. The van der Waals surface area contributed by atoms with Crippen molar-refractivity contribution in [1.82, 2.24) is 10.2 Å². The van der Waals surface area contributed by atoms with Crippen LogP contribution in [0.5, 0.6) is 0 Å². The molecule has 0 aromatic carbocycles. The summed E-state index contributed by atoms with van der Waals surface area (Å²) in [6.07, 6.45) is 1.31. The molecule has 1 heterocycles. The summed E-state index contributed by atoms with van der Waals surface area (Å²) in [7, 11) is 0. The average Bonchev–Trinajstić information content (AvgIpc) is 2.13. The molecule has 0 atom stereocenters. The third-order valence-corrected chi connectivity index (χ3v) is 1.88. The molecule has 0 spiro atoms. The third-order valence-electron chi connectivity index (χ3n) is 1.88. The van der Waals surface area contributed by atoms with Crippen LogP contribution >= 0.6 is 0 Å². The molecular weight excluding hydrogens is 112 g/mol. The quantitative estimate of drug-likeness (QED) is 0.497. The second-order valence-electron chi connectivity index (χ2n) is 2.54. The van der Waals surface area contributed by atoms with Gasteiger partial charge in [-0.2, -0.15) is 4.90 Å². The molecule has 2 nitrogen and oxygen atoms in total. The van der Waals surface area contributed by atoms with E-state index in [0.29, 0.717) is 0 Å². The lowest BCUT2D eigenvalue weighted by Crippen LogP contribution is -2.33. The lowest BCUT2D eigenvalue weighted by molar-refractivity contribution is 0.449. The summed E-state index contributed by atoms with van der Waals surface area (Å²) in [5.74, 6) is 0. The zero-order valence-corrected chi connectivity index (χ0v) is 6.19.